The van der Waals surface area contributed by atoms with E-state index in [1.54, 1.807) is 0 Å². The molecule has 0 heterocycles. The molecule has 2 aromatic rings. The highest BCUT2D eigenvalue weighted by Gasteiger charge is 2.28. The number of carboxylic acids is 1. The first-order valence-electron chi connectivity index (χ1n) is 10.5. The molecule has 0 saturated carbocycles. The molecule has 1 unspecified atom stereocenters. The number of nitrogens with zero attached hydrogens (tertiary/aromatic N) is 1. The summed E-state index contributed by atoms with van der Waals surface area (Å²) < 4.78 is 11.0. The van der Waals surface area contributed by atoms with Gasteiger partial charge in [-0.15, -0.1) is 0 Å². The Labute approximate surface area is 187 Å². The van der Waals surface area contributed by atoms with Crippen LogP contribution in [0.3, 0.4) is 0 Å². The normalized spacial score (nSPS) is 12.4. The Morgan fingerprint density at radius 1 is 0.969 bits per heavy atom. The molecule has 0 amide bonds. The molecule has 2 N–H and O–H groups in total. The Hall–Kier alpha value is -3.32. The topological polar surface area (TPSA) is 114 Å². The van der Waals surface area contributed by atoms with Crippen LogP contribution in [0.5, 0.6) is 0 Å². The molecule has 0 aromatic heterocycles. The van der Waals surface area contributed by atoms with Gasteiger partial charge in [0, 0.05) is 6.54 Å². The fourth-order valence-electron chi connectivity index (χ4n) is 3.02. The monoisotopic (exact) mass is 440 g/mol. The van der Waals surface area contributed by atoms with Crippen molar-refractivity contribution >= 4 is 18.0 Å². The molecule has 2 atom stereocenters. The van der Waals surface area contributed by atoms with E-state index in [4.69, 9.17) is 9.47 Å². The van der Waals surface area contributed by atoms with Gasteiger partial charge in [-0.1, -0.05) is 60.7 Å². The lowest BCUT2D eigenvalue weighted by atomic mass is 10.1. The predicted octanol–water partition coefficient (Wildman–Crippen LogP) is 2.86. The van der Waals surface area contributed by atoms with Crippen LogP contribution in [0.4, 0.5) is 0 Å². The molecule has 0 aliphatic carbocycles. The van der Waals surface area contributed by atoms with Gasteiger partial charge in [0.2, 0.25) is 6.08 Å². The van der Waals surface area contributed by atoms with Gasteiger partial charge in [-0.05, 0) is 30.5 Å². The lowest BCUT2D eigenvalue weighted by Crippen LogP contribution is -2.35. The van der Waals surface area contributed by atoms with Gasteiger partial charge in [0.25, 0.3) is 0 Å². The number of ether oxygens (including phenoxy) is 2. The lowest BCUT2D eigenvalue weighted by molar-refractivity contribution is -0.145. The first-order valence-corrected chi connectivity index (χ1v) is 10.5. The minimum atomic E-state index is -1.32. The van der Waals surface area contributed by atoms with Crippen molar-refractivity contribution in [2.45, 2.75) is 44.6 Å². The van der Waals surface area contributed by atoms with Crippen LogP contribution in [0.25, 0.3) is 0 Å². The highest BCUT2D eigenvalue weighted by atomic mass is 16.5. The summed E-state index contributed by atoms with van der Waals surface area (Å²) >= 11 is 0. The zero-order valence-electron chi connectivity index (χ0n) is 17.8. The fourth-order valence-corrected chi connectivity index (χ4v) is 3.02. The molecule has 8 heteroatoms. The second kappa shape index (κ2) is 14.6. The molecule has 170 valence electrons. The minimum absolute atomic E-state index is 0.213. The van der Waals surface area contributed by atoms with E-state index in [2.05, 4.69) is 10.3 Å². The Balaban J connectivity index is 1.71. The zero-order chi connectivity index (χ0) is 23.0. The number of hydrogen-bond acceptors (Lipinski definition) is 7. The van der Waals surface area contributed by atoms with Crippen molar-refractivity contribution in [3.05, 3.63) is 71.8 Å². The van der Waals surface area contributed by atoms with Gasteiger partial charge in [0.05, 0.1) is 19.1 Å². The smallest absolute Gasteiger partial charge is 0.332 e. The van der Waals surface area contributed by atoms with Gasteiger partial charge in [-0.25, -0.2) is 9.59 Å². The number of carbonyl (C=O) groups is 2. The number of carboxylic acid groups (broad SMARTS) is 1. The first-order chi connectivity index (χ1) is 15.6. The summed E-state index contributed by atoms with van der Waals surface area (Å²) in [5, 5.41) is 12.5. The summed E-state index contributed by atoms with van der Waals surface area (Å²) in [6.45, 7) is 1.45. The van der Waals surface area contributed by atoms with Crippen molar-refractivity contribution < 1.29 is 29.0 Å². The summed E-state index contributed by atoms with van der Waals surface area (Å²) in [5.41, 5.74) is 1.82. The largest absolute Gasteiger partial charge is 0.480 e. The summed E-state index contributed by atoms with van der Waals surface area (Å²) in [7, 11) is 0. The molecule has 0 aliphatic heterocycles. The second-order valence-corrected chi connectivity index (χ2v) is 7.13. The SMILES string of the molecule is O=C=NC(C(=O)O)[C@H](CCCNCCC(=O)OCc1ccccc1)OCc1ccccc1. The van der Waals surface area contributed by atoms with Crippen LogP contribution in [0.15, 0.2) is 65.7 Å². The van der Waals surface area contributed by atoms with Crippen LogP contribution in [-0.4, -0.2) is 48.4 Å². The molecule has 0 aliphatic rings. The first kappa shape index (κ1) is 24.9. The third-order valence-corrected chi connectivity index (χ3v) is 4.69. The van der Waals surface area contributed by atoms with Crippen LogP contribution in [0.2, 0.25) is 0 Å². The average molecular weight is 440 g/mol. The van der Waals surface area contributed by atoms with Crippen molar-refractivity contribution in [3.63, 3.8) is 0 Å². The van der Waals surface area contributed by atoms with Gasteiger partial charge in [-0.3, -0.25) is 4.79 Å². The number of aliphatic carboxylic acids is 1. The maximum absolute atomic E-state index is 11.8. The maximum atomic E-state index is 11.8. The van der Waals surface area contributed by atoms with Gasteiger partial charge in [0.15, 0.2) is 6.04 Å². The molecule has 0 spiro atoms. The van der Waals surface area contributed by atoms with E-state index in [-0.39, 0.29) is 25.6 Å². The Bertz CT molecular complexity index is 867. The van der Waals surface area contributed by atoms with E-state index in [0.717, 1.165) is 11.1 Å². The lowest BCUT2D eigenvalue weighted by Gasteiger charge is -2.21. The van der Waals surface area contributed by atoms with Crippen LogP contribution in [-0.2, 0) is 37.1 Å². The standard InChI is InChI=1S/C24H28N2O6/c27-18-26-23(24(29)30)21(31-16-19-8-3-1-4-9-19)12-7-14-25-15-13-22(28)32-17-20-10-5-2-6-11-20/h1-6,8-11,21,23,25H,7,12-17H2,(H,29,30)/t21-,23?/m0/s1. The van der Waals surface area contributed by atoms with Crippen LogP contribution in [0, 0.1) is 0 Å². The van der Waals surface area contributed by atoms with E-state index < -0.39 is 18.1 Å². The third kappa shape index (κ3) is 9.66. The number of isocyanates is 1. The number of nitrogens with one attached hydrogen (secondary N) is 1. The van der Waals surface area contributed by atoms with Crippen molar-refractivity contribution in [2.24, 2.45) is 4.99 Å². The Morgan fingerprint density at radius 2 is 1.59 bits per heavy atom. The third-order valence-electron chi connectivity index (χ3n) is 4.69. The number of carbonyl (C=O) groups excluding carboxylic acids is 2. The number of esters is 1. The fraction of sp³-hybridized carbons (Fsp3) is 0.375. The molecule has 2 aromatic carbocycles. The number of rotatable bonds is 15. The number of aliphatic imine (C=N–C) groups is 1. The summed E-state index contributed by atoms with van der Waals surface area (Å²) in [4.78, 5) is 37.4. The molecular formula is C24H28N2O6. The van der Waals surface area contributed by atoms with E-state index in [1.807, 2.05) is 60.7 Å². The molecule has 32 heavy (non-hydrogen) atoms. The molecule has 8 nitrogen and oxygen atoms in total. The number of benzene rings is 2. The van der Waals surface area contributed by atoms with Crippen LogP contribution >= 0.6 is 0 Å². The van der Waals surface area contributed by atoms with Crippen molar-refractivity contribution in [1.82, 2.24) is 5.32 Å². The second-order valence-electron chi connectivity index (χ2n) is 7.13. The molecule has 0 saturated heterocycles. The summed E-state index contributed by atoms with van der Waals surface area (Å²) in [5.74, 6) is -1.53. The van der Waals surface area contributed by atoms with Gasteiger partial charge in [-0.2, -0.15) is 4.99 Å². The molecule has 2 rings (SSSR count). The Kier molecular flexibility index (Phi) is 11.4. The zero-order valence-corrected chi connectivity index (χ0v) is 17.8. The number of hydrogen-bond donors (Lipinski definition) is 2. The van der Waals surface area contributed by atoms with Crippen LogP contribution < -0.4 is 5.32 Å². The molecule has 0 bridgehead atoms. The highest BCUT2D eigenvalue weighted by Crippen LogP contribution is 2.14. The van der Waals surface area contributed by atoms with E-state index in [1.165, 1.54) is 6.08 Å². The van der Waals surface area contributed by atoms with Crippen molar-refractivity contribution in [2.75, 3.05) is 13.1 Å². The van der Waals surface area contributed by atoms with Gasteiger partial charge >= 0.3 is 11.9 Å². The quantitative estimate of drug-likeness (QED) is 0.189. The summed E-state index contributed by atoms with van der Waals surface area (Å²) in [6, 6.07) is 17.5. The summed E-state index contributed by atoms with van der Waals surface area (Å²) in [6.07, 6.45) is 1.74. The van der Waals surface area contributed by atoms with E-state index in [0.29, 0.717) is 25.9 Å². The highest BCUT2D eigenvalue weighted by molar-refractivity contribution is 5.75. The minimum Gasteiger partial charge on any atom is -0.480 e. The average Bonchev–Trinajstić information content (AvgIpc) is 2.81. The molecule has 0 fully saturated rings. The van der Waals surface area contributed by atoms with E-state index >= 15 is 0 Å². The Morgan fingerprint density at radius 3 is 2.19 bits per heavy atom. The van der Waals surface area contributed by atoms with Crippen molar-refractivity contribution in [3.8, 4) is 0 Å². The predicted molar refractivity (Wildman–Crippen MR) is 118 cm³/mol. The maximum Gasteiger partial charge on any atom is 0.332 e. The molecule has 0 radical (unpaired) electrons. The van der Waals surface area contributed by atoms with Crippen molar-refractivity contribution in [1.29, 1.82) is 0 Å². The molecular weight excluding hydrogens is 412 g/mol. The van der Waals surface area contributed by atoms with E-state index in [9.17, 15) is 19.5 Å². The van der Waals surface area contributed by atoms with Gasteiger partial charge in [0.1, 0.15) is 6.61 Å². The van der Waals surface area contributed by atoms with Gasteiger partial charge < -0.3 is 19.9 Å². The van der Waals surface area contributed by atoms with Crippen LogP contribution in [0.1, 0.15) is 30.4 Å².